The van der Waals surface area contributed by atoms with Crippen LogP contribution in [-0.4, -0.2) is 42.1 Å². The lowest BCUT2D eigenvalue weighted by Gasteiger charge is -2.13. The van der Waals surface area contributed by atoms with Crippen LogP contribution in [-0.2, 0) is 4.79 Å². The molecule has 0 aliphatic rings. The number of hydrogen-bond acceptors (Lipinski definition) is 8. The van der Waals surface area contributed by atoms with E-state index >= 15 is 0 Å². The Morgan fingerprint density at radius 3 is 2.58 bits per heavy atom. The summed E-state index contributed by atoms with van der Waals surface area (Å²) in [7, 11) is 3.13. The molecule has 1 atom stereocenters. The first-order valence-electron chi connectivity index (χ1n) is 8.19. The van der Waals surface area contributed by atoms with Gasteiger partial charge in [0.05, 0.1) is 19.5 Å². The molecule has 2 N–H and O–H groups in total. The van der Waals surface area contributed by atoms with Crippen molar-refractivity contribution in [2.75, 3.05) is 31.4 Å². The predicted octanol–water partition coefficient (Wildman–Crippen LogP) is 3.74. The Hall–Kier alpha value is -2.00. The Labute approximate surface area is 161 Å². The normalized spacial score (nSPS) is 11.9. The lowest BCUT2D eigenvalue weighted by Crippen LogP contribution is -2.22. The molecule has 7 nitrogen and oxygen atoms in total. The summed E-state index contributed by atoms with van der Waals surface area (Å²) in [6.07, 6.45) is 0. The van der Waals surface area contributed by atoms with Crippen molar-refractivity contribution >= 4 is 39.8 Å². The van der Waals surface area contributed by atoms with Gasteiger partial charge in [0.1, 0.15) is 0 Å². The summed E-state index contributed by atoms with van der Waals surface area (Å²) in [5.74, 6) is 1.59. The van der Waals surface area contributed by atoms with Crippen LogP contribution in [0.5, 0.6) is 11.5 Å². The molecule has 0 spiro atoms. The molecule has 0 aliphatic carbocycles. The summed E-state index contributed by atoms with van der Waals surface area (Å²) in [6, 6.07) is 5.26. The molecule has 9 heteroatoms. The molecule has 0 radical (unpaired) electrons. The third kappa shape index (κ3) is 5.77. The number of nitrogens with one attached hydrogen (secondary N) is 2. The van der Waals surface area contributed by atoms with Gasteiger partial charge in [-0.05, 0) is 25.0 Å². The summed E-state index contributed by atoms with van der Waals surface area (Å²) in [5.41, 5.74) is 0.650. The number of hydrogen-bond donors (Lipinski definition) is 2. The van der Waals surface area contributed by atoms with Gasteiger partial charge in [-0.2, -0.15) is 0 Å². The van der Waals surface area contributed by atoms with Crippen LogP contribution in [0.15, 0.2) is 22.5 Å². The maximum absolute atomic E-state index is 12.4. The van der Waals surface area contributed by atoms with Gasteiger partial charge in [-0.25, -0.2) is 0 Å². The molecular weight excluding hydrogens is 372 g/mol. The molecule has 0 bridgehead atoms. The molecule has 2 rings (SSSR count). The van der Waals surface area contributed by atoms with E-state index in [0.717, 1.165) is 16.0 Å². The van der Waals surface area contributed by atoms with Crippen molar-refractivity contribution in [3.05, 3.63) is 18.2 Å². The zero-order valence-electron chi connectivity index (χ0n) is 15.5. The molecule has 0 aliphatic heterocycles. The van der Waals surface area contributed by atoms with Crippen LogP contribution in [0.4, 0.5) is 10.8 Å². The van der Waals surface area contributed by atoms with Crippen LogP contribution in [0, 0.1) is 5.92 Å². The SMILES string of the molecule is COc1ccc(NC(=O)C(C)Sc2nnc(NCC(C)C)s2)cc1OC. The van der Waals surface area contributed by atoms with Gasteiger partial charge in [-0.1, -0.05) is 36.9 Å². The van der Waals surface area contributed by atoms with Crippen molar-refractivity contribution < 1.29 is 14.3 Å². The van der Waals surface area contributed by atoms with E-state index in [9.17, 15) is 4.79 Å². The number of amides is 1. The third-order valence-corrected chi connectivity index (χ3v) is 5.43. The molecule has 0 saturated heterocycles. The minimum absolute atomic E-state index is 0.117. The number of rotatable bonds is 9. The van der Waals surface area contributed by atoms with Gasteiger partial charge in [0.2, 0.25) is 11.0 Å². The highest BCUT2D eigenvalue weighted by Crippen LogP contribution is 2.32. The number of methoxy groups -OCH3 is 2. The molecule has 1 unspecified atom stereocenters. The minimum atomic E-state index is -0.311. The highest BCUT2D eigenvalue weighted by atomic mass is 32.2. The van der Waals surface area contributed by atoms with Gasteiger partial charge in [0, 0.05) is 18.3 Å². The first-order valence-corrected chi connectivity index (χ1v) is 9.89. The van der Waals surface area contributed by atoms with Crippen molar-refractivity contribution in [3.8, 4) is 11.5 Å². The molecule has 1 aromatic carbocycles. The lowest BCUT2D eigenvalue weighted by atomic mass is 10.2. The number of carbonyl (C=O) groups is 1. The number of benzene rings is 1. The maximum atomic E-state index is 12.4. The Morgan fingerprint density at radius 1 is 1.19 bits per heavy atom. The van der Waals surface area contributed by atoms with Gasteiger partial charge in [0.25, 0.3) is 0 Å². The van der Waals surface area contributed by atoms with E-state index in [4.69, 9.17) is 9.47 Å². The highest BCUT2D eigenvalue weighted by Gasteiger charge is 2.18. The molecule has 0 saturated carbocycles. The zero-order chi connectivity index (χ0) is 19.1. The monoisotopic (exact) mass is 396 g/mol. The topological polar surface area (TPSA) is 85.4 Å². The number of ether oxygens (including phenoxy) is 2. The summed E-state index contributed by atoms with van der Waals surface area (Å²) in [5, 5.41) is 14.8. The number of thioether (sulfide) groups is 1. The van der Waals surface area contributed by atoms with E-state index in [1.165, 1.54) is 23.1 Å². The second-order valence-electron chi connectivity index (χ2n) is 5.97. The standard InChI is InChI=1S/C17H24N4O3S2/c1-10(2)9-18-16-20-21-17(26-16)25-11(3)15(22)19-12-6-7-13(23-4)14(8-12)24-5/h6-8,10-11H,9H2,1-5H3,(H,18,20)(H,19,22). The summed E-state index contributed by atoms with van der Waals surface area (Å²) in [4.78, 5) is 12.4. The quantitative estimate of drug-likeness (QED) is 0.625. The lowest BCUT2D eigenvalue weighted by molar-refractivity contribution is -0.115. The summed E-state index contributed by atoms with van der Waals surface area (Å²) < 4.78 is 11.2. The number of anilines is 2. The number of carbonyl (C=O) groups excluding carboxylic acids is 1. The van der Waals surface area contributed by atoms with Crippen LogP contribution in [0.2, 0.25) is 0 Å². The fraction of sp³-hybridized carbons (Fsp3) is 0.471. The average molecular weight is 397 g/mol. The Balaban J connectivity index is 1.93. The van der Waals surface area contributed by atoms with Crippen molar-refractivity contribution in [1.82, 2.24) is 10.2 Å². The largest absolute Gasteiger partial charge is 0.493 e. The van der Waals surface area contributed by atoms with Crippen molar-refractivity contribution in [3.63, 3.8) is 0 Å². The fourth-order valence-corrected chi connectivity index (χ4v) is 3.89. The molecular formula is C17H24N4O3S2. The van der Waals surface area contributed by atoms with Crippen LogP contribution in [0.25, 0.3) is 0 Å². The molecule has 0 fully saturated rings. The summed E-state index contributed by atoms with van der Waals surface area (Å²) in [6.45, 7) is 6.94. The minimum Gasteiger partial charge on any atom is -0.493 e. The fourth-order valence-electron chi connectivity index (χ4n) is 1.98. The third-order valence-electron chi connectivity index (χ3n) is 3.37. The van der Waals surface area contributed by atoms with Gasteiger partial charge < -0.3 is 20.1 Å². The Morgan fingerprint density at radius 2 is 1.92 bits per heavy atom. The van der Waals surface area contributed by atoms with Gasteiger partial charge >= 0.3 is 0 Å². The molecule has 26 heavy (non-hydrogen) atoms. The van der Waals surface area contributed by atoms with E-state index < -0.39 is 0 Å². The Kier molecular flexibility index (Phi) is 7.52. The maximum Gasteiger partial charge on any atom is 0.237 e. The number of nitrogens with zero attached hydrogens (tertiary/aromatic N) is 2. The van der Waals surface area contributed by atoms with Gasteiger partial charge in [-0.3, -0.25) is 4.79 Å². The number of aromatic nitrogens is 2. The highest BCUT2D eigenvalue weighted by molar-refractivity contribution is 8.02. The molecule has 1 amide bonds. The van der Waals surface area contributed by atoms with E-state index in [1.54, 1.807) is 32.4 Å². The van der Waals surface area contributed by atoms with Gasteiger partial charge in [0.15, 0.2) is 15.8 Å². The van der Waals surface area contributed by atoms with Crippen molar-refractivity contribution in [2.24, 2.45) is 5.92 Å². The van der Waals surface area contributed by atoms with Crippen LogP contribution in [0.1, 0.15) is 20.8 Å². The van der Waals surface area contributed by atoms with E-state index in [0.29, 0.717) is 23.1 Å². The van der Waals surface area contributed by atoms with E-state index in [-0.39, 0.29) is 11.2 Å². The predicted molar refractivity (Wildman–Crippen MR) is 107 cm³/mol. The first-order chi connectivity index (χ1) is 12.4. The van der Waals surface area contributed by atoms with Crippen molar-refractivity contribution in [2.45, 2.75) is 30.4 Å². The van der Waals surface area contributed by atoms with Gasteiger partial charge in [-0.15, -0.1) is 10.2 Å². The Bertz CT molecular complexity index is 737. The second-order valence-corrected chi connectivity index (χ2v) is 8.53. The van der Waals surface area contributed by atoms with E-state index in [2.05, 4.69) is 34.7 Å². The van der Waals surface area contributed by atoms with Crippen LogP contribution >= 0.6 is 23.1 Å². The molecule has 1 aromatic heterocycles. The average Bonchev–Trinajstić information content (AvgIpc) is 3.07. The zero-order valence-corrected chi connectivity index (χ0v) is 17.2. The van der Waals surface area contributed by atoms with Crippen molar-refractivity contribution in [1.29, 1.82) is 0 Å². The summed E-state index contributed by atoms with van der Waals surface area (Å²) >= 11 is 2.83. The van der Waals surface area contributed by atoms with Crippen LogP contribution < -0.4 is 20.1 Å². The molecule has 1 heterocycles. The van der Waals surface area contributed by atoms with E-state index in [1.807, 2.05) is 6.92 Å². The second kappa shape index (κ2) is 9.63. The molecule has 2 aromatic rings. The smallest absolute Gasteiger partial charge is 0.237 e. The van der Waals surface area contributed by atoms with Crippen LogP contribution in [0.3, 0.4) is 0 Å². The first kappa shape index (κ1) is 20.3. The molecule has 142 valence electrons.